The van der Waals surface area contributed by atoms with Gasteiger partial charge in [0.15, 0.2) is 0 Å². The van der Waals surface area contributed by atoms with Crippen molar-refractivity contribution >= 4 is 52.2 Å². The molecule has 0 aliphatic carbocycles. The minimum atomic E-state index is -0.612. The van der Waals surface area contributed by atoms with Crippen LogP contribution >= 0.6 is 0 Å². The molecule has 66 heavy (non-hydrogen) atoms. The van der Waals surface area contributed by atoms with E-state index in [1.807, 2.05) is 24.3 Å². The summed E-state index contributed by atoms with van der Waals surface area (Å²) < 4.78 is 18.1. The van der Waals surface area contributed by atoms with Gasteiger partial charge < -0.3 is 34.2 Å². The van der Waals surface area contributed by atoms with E-state index in [9.17, 15) is 28.8 Å². The summed E-state index contributed by atoms with van der Waals surface area (Å²) in [6, 6.07) is 20.7. The van der Waals surface area contributed by atoms with Gasteiger partial charge >= 0.3 is 0 Å². The minimum Gasteiger partial charge on any atom is -0.489 e. The Labute approximate surface area is 381 Å². The smallest absolute Gasteiger partial charge is 0.255 e. The van der Waals surface area contributed by atoms with Gasteiger partial charge in [-0.3, -0.25) is 44.3 Å². The fraction of sp³-hybridized carbons (Fsp3) is 0.449. The van der Waals surface area contributed by atoms with E-state index >= 15 is 0 Å². The van der Waals surface area contributed by atoms with Crippen LogP contribution in [0.3, 0.4) is 0 Å². The van der Waals surface area contributed by atoms with Crippen molar-refractivity contribution in [2.24, 2.45) is 0 Å². The second-order valence-corrected chi connectivity index (χ2v) is 18.7. The molecule has 7 fully saturated rings. The molecule has 10 heterocycles. The van der Waals surface area contributed by atoms with Crippen LogP contribution in [0, 0.1) is 0 Å². The van der Waals surface area contributed by atoms with Crippen LogP contribution in [0.25, 0.3) is 10.9 Å². The number of benzene rings is 3. The van der Waals surface area contributed by atoms with Gasteiger partial charge in [-0.2, -0.15) is 0 Å². The highest BCUT2D eigenvalue weighted by Crippen LogP contribution is 2.34. The molecule has 6 atom stereocenters. The Morgan fingerprint density at radius 2 is 1.29 bits per heavy atom. The number of morpholine rings is 1. The number of hydrogen-bond acceptors (Lipinski definition) is 13. The molecule has 6 amide bonds. The number of anilines is 1. The highest BCUT2D eigenvalue weighted by Gasteiger charge is 2.42. The molecule has 13 rings (SSSR count). The summed E-state index contributed by atoms with van der Waals surface area (Å²) in [5.74, 6) is 0.851. The van der Waals surface area contributed by atoms with Gasteiger partial charge in [-0.25, -0.2) is 4.98 Å². The number of carbonyl (C=O) groups excluding carboxylic acids is 6. The van der Waals surface area contributed by atoms with Crippen LogP contribution in [0.5, 0.6) is 11.5 Å². The average Bonchev–Trinajstić information content (AvgIpc) is 4.11. The lowest BCUT2D eigenvalue weighted by Crippen LogP contribution is -2.57. The van der Waals surface area contributed by atoms with E-state index in [-0.39, 0.29) is 54.6 Å². The Bertz CT molecular complexity index is 2640. The molecular weight excluding hydrogens is 845 g/mol. The second kappa shape index (κ2) is 17.4. The zero-order valence-corrected chi connectivity index (χ0v) is 36.5. The summed E-state index contributed by atoms with van der Waals surface area (Å²) in [7, 11) is 0. The predicted octanol–water partition coefficient (Wildman–Crippen LogP) is 2.81. The van der Waals surface area contributed by atoms with Crippen molar-refractivity contribution in [3.63, 3.8) is 0 Å². The molecule has 3 N–H and O–H groups in total. The normalized spacial score (nSPS) is 27.0. The quantitative estimate of drug-likeness (QED) is 0.208. The number of imide groups is 2. The van der Waals surface area contributed by atoms with Crippen molar-refractivity contribution in [3.8, 4) is 11.5 Å². The van der Waals surface area contributed by atoms with Gasteiger partial charge in [-0.15, -0.1) is 0 Å². The number of nitrogens with one attached hydrogen (secondary N) is 3. The van der Waals surface area contributed by atoms with Gasteiger partial charge in [0, 0.05) is 88.1 Å². The summed E-state index contributed by atoms with van der Waals surface area (Å²) in [6.07, 6.45) is 5.26. The number of carbonyl (C=O) groups is 6. The monoisotopic (exact) mass is 896 g/mol. The van der Waals surface area contributed by atoms with E-state index in [2.05, 4.69) is 56.1 Å². The van der Waals surface area contributed by atoms with Gasteiger partial charge in [-0.1, -0.05) is 6.07 Å². The van der Waals surface area contributed by atoms with Crippen LogP contribution in [0.4, 0.5) is 5.82 Å². The summed E-state index contributed by atoms with van der Waals surface area (Å²) in [5, 5.41) is 9.07. The van der Waals surface area contributed by atoms with Gasteiger partial charge in [0.25, 0.3) is 11.8 Å². The van der Waals surface area contributed by atoms with Crippen molar-refractivity contribution in [2.75, 3.05) is 44.2 Å². The summed E-state index contributed by atoms with van der Waals surface area (Å²) in [4.78, 5) is 85.5. The molecule has 3 aromatic carbocycles. The Hall–Kier alpha value is -6.43. The first-order chi connectivity index (χ1) is 32.1. The zero-order valence-electron chi connectivity index (χ0n) is 36.5. The van der Waals surface area contributed by atoms with Crippen LogP contribution in [-0.4, -0.2) is 131 Å². The fourth-order valence-electron chi connectivity index (χ4n) is 10.6. The minimum absolute atomic E-state index is 0.0656. The van der Waals surface area contributed by atoms with Crippen LogP contribution in [0.15, 0.2) is 66.7 Å². The van der Waals surface area contributed by atoms with Crippen molar-refractivity contribution < 1.29 is 43.0 Å². The third-order valence-corrected chi connectivity index (χ3v) is 14.1. The molecule has 17 nitrogen and oxygen atoms in total. The first kappa shape index (κ1) is 42.2. The summed E-state index contributed by atoms with van der Waals surface area (Å²) in [6.45, 7) is 6.99. The molecule has 2 unspecified atom stereocenters. The number of rotatable bonds is 9. The molecule has 0 saturated carbocycles. The predicted molar refractivity (Wildman–Crippen MR) is 238 cm³/mol. The number of piperidine rings is 3. The first-order valence-electron chi connectivity index (χ1n) is 23.2. The first-order valence-corrected chi connectivity index (χ1v) is 23.2. The third-order valence-electron chi connectivity index (χ3n) is 14.1. The fourth-order valence-corrected chi connectivity index (χ4v) is 10.6. The largest absolute Gasteiger partial charge is 0.489 e. The molecule has 4 aromatic rings. The summed E-state index contributed by atoms with van der Waals surface area (Å²) >= 11 is 0. The lowest BCUT2D eigenvalue weighted by molar-refractivity contribution is -0.138. The van der Waals surface area contributed by atoms with Crippen molar-refractivity contribution in [1.82, 2.24) is 35.6 Å². The van der Waals surface area contributed by atoms with E-state index in [4.69, 9.17) is 19.2 Å². The Kier molecular flexibility index (Phi) is 11.1. The molecule has 342 valence electrons. The van der Waals surface area contributed by atoms with Crippen LogP contribution in [-0.2, 0) is 43.5 Å². The van der Waals surface area contributed by atoms with Crippen molar-refractivity contribution in [1.29, 1.82) is 0 Å². The maximum atomic E-state index is 13.0. The number of aromatic nitrogens is 1. The molecule has 9 aliphatic rings. The molecule has 9 aliphatic heterocycles. The van der Waals surface area contributed by atoms with Gasteiger partial charge in [0.05, 0.1) is 17.7 Å². The third kappa shape index (κ3) is 8.46. The lowest BCUT2D eigenvalue weighted by Gasteiger charge is -2.47. The number of hydrogen-bond donors (Lipinski definition) is 3. The molecule has 1 aromatic heterocycles. The van der Waals surface area contributed by atoms with Crippen molar-refractivity contribution in [3.05, 3.63) is 94.5 Å². The number of amides is 6. The standard InChI is InChI=1S/C32H33N5O5.C17H19N3O4/c38-30-8-6-28(31(39)34-30)37-15-21-12-22(3-4-26(21)32(37)40)41-23-9-10-35(16-23)14-19-1-5-27-20(11-19)2-7-29(33-27)36-17-24-13-25(18-36)42-24;21-15-4-3-14(16(22)19-15)20-9-10-7-11(1-2-13(10)17(20)23)24-12-5-6-18-8-12/h1-5,7,11-12,23-25,28H,6,8-10,13-18H2,(H,34,38,39);1-2,7,12,14,18H,3-6,8-9H2,(H,19,21,22)/t23-,24-,25+,28?;12-,14?/m00/s1. The van der Waals surface area contributed by atoms with E-state index < -0.39 is 18.0 Å². The van der Waals surface area contributed by atoms with E-state index in [1.54, 1.807) is 21.9 Å². The molecule has 2 bridgehead atoms. The maximum Gasteiger partial charge on any atom is 0.255 e. The Morgan fingerprint density at radius 1 is 0.667 bits per heavy atom. The SMILES string of the molecule is O=C1CCC(N2Cc3cc(O[C@H]4CCN(Cc5ccc6nc(N7C[C@H]8C[C@@H](C7)O8)ccc6c5)C4)ccc3C2=O)C(=O)N1.O=C1CCC(N2Cc3cc(O[C@H]4CCNC4)ccc3C2=O)C(=O)N1. The van der Waals surface area contributed by atoms with E-state index in [1.165, 1.54) is 12.0 Å². The average molecular weight is 897 g/mol. The molecule has 7 saturated heterocycles. The van der Waals surface area contributed by atoms with E-state index in [0.29, 0.717) is 49.3 Å². The van der Waals surface area contributed by atoms with Gasteiger partial charge in [-0.05, 0) is 110 Å². The number of fused-ring (bicyclic) bond motifs is 5. The molecule has 17 heteroatoms. The number of nitrogens with zero attached hydrogens (tertiary/aromatic N) is 5. The number of pyridine rings is 1. The van der Waals surface area contributed by atoms with Gasteiger partial charge in [0.1, 0.15) is 41.6 Å². The Balaban J connectivity index is 0.000000170. The number of likely N-dealkylation sites (tertiary alicyclic amines) is 1. The zero-order chi connectivity index (χ0) is 45.1. The maximum absolute atomic E-state index is 13.0. The van der Waals surface area contributed by atoms with Gasteiger partial charge in [0.2, 0.25) is 23.6 Å². The second-order valence-electron chi connectivity index (χ2n) is 18.7. The topological polar surface area (TPSA) is 192 Å². The van der Waals surface area contributed by atoms with Crippen LogP contribution in [0.1, 0.15) is 82.4 Å². The number of ether oxygens (including phenoxy) is 3. The molecular formula is C49H52N8O9. The van der Waals surface area contributed by atoms with Crippen LogP contribution in [0.2, 0.25) is 0 Å². The molecule has 0 spiro atoms. The Morgan fingerprint density at radius 3 is 1.88 bits per heavy atom. The van der Waals surface area contributed by atoms with E-state index in [0.717, 1.165) is 98.0 Å². The molecule has 0 radical (unpaired) electrons. The summed E-state index contributed by atoms with van der Waals surface area (Å²) in [5.41, 5.74) is 5.21. The highest BCUT2D eigenvalue weighted by atomic mass is 16.5. The highest BCUT2D eigenvalue weighted by molar-refractivity contribution is 6.06. The lowest BCUT2D eigenvalue weighted by atomic mass is 9.99. The van der Waals surface area contributed by atoms with Crippen LogP contribution < -0.4 is 30.3 Å². The van der Waals surface area contributed by atoms with Crippen molar-refractivity contribution in [2.45, 2.75) is 101 Å².